The number of piperidine rings is 1. The van der Waals surface area contributed by atoms with Crippen LogP contribution in [0.25, 0.3) is 0 Å². The van der Waals surface area contributed by atoms with Crippen LogP contribution < -0.4 is 0 Å². The largest absolute Gasteiger partial charge is 0.480 e. The summed E-state index contributed by atoms with van der Waals surface area (Å²) in [6.07, 6.45) is 7.33. The Balaban J connectivity index is 2.05. The average molecular weight is 289 g/mol. The molecule has 0 aromatic heterocycles. The van der Waals surface area contributed by atoms with Crippen LogP contribution in [-0.2, 0) is 14.8 Å². The molecule has 0 amide bonds. The third-order valence-electron chi connectivity index (χ3n) is 4.27. The van der Waals surface area contributed by atoms with Gasteiger partial charge in [0.1, 0.15) is 6.04 Å². The normalized spacial score (nSPS) is 27.3. The molecular formula is C13H23NO4S. The van der Waals surface area contributed by atoms with Crippen molar-refractivity contribution in [1.82, 2.24) is 4.31 Å². The molecule has 1 heterocycles. The summed E-state index contributed by atoms with van der Waals surface area (Å²) in [5, 5.41) is 9.17. The van der Waals surface area contributed by atoms with Gasteiger partial charge in [-0.2, -0.15) is 4.31 Å². The number of hydrogen-bond acceptors (Lipinski definition) is 3. The van der Waals surface area contributed by atoms with Crippen molar-refractivity contribution in [3.05, 3.63) is 0 Å². The summed E-state index contributed by atoms with van der Waals surface area (Å²) in [6, 6.07) is -0.845. The highest BCUT2D eigenvalue weighted by Gasteiger charge is 2.37. The van der Waals surface area contributed by atoms with E-state index in [4.69, 9.17) is 0 Å². The third kappa shape index (κ3) is 3.69. The van der Waals surface area contributed by atoms with Crippen molar-refractivity contribution in [1.29, 1.82) is 0 Å². The molecule has 2 rings (SSSR count). The fourth-order valence-corrected chi connectivity index (χ4v) is 5.34. The standard InChI is InChI=1S/C13H23NO4S/c15-13(16)12-8-4-5-9-14(12)19(17,18)10-11-6-2-1-3-7-11/h11-12H,1-10H2,(H,15,16). The molecule has 1 unspecified atom stereocenters. The van der Waals surface area contributed by atoms with E-state index in [1.165, 1.54) is 10.7 Å². The Morgan fingerprint density at radius 2 is 1.68 bits per heavy atom. The fraction of sp³-hybridized carbons (Fsp3) is 0.923. The lowest BCUT2D eigenvalue weighted by molar-refractivity contribution is -0.142. The Kier molecular flexibility index (Phi) is 4.84. The van der Waals surface area contributed by atoms with Gasteiger partial charge in [-0.1, -0.05) is 19.3 Å². The number of carboxylic acid groups (broad SMARTS) is 1. The number of aliphatic carboxylic acids is 1. The molecule has 2 fully saturated rings. The van der Waals surface area contributed by atoms with Crippen molar-refractivity contribution in [3.8, 4) is 0 Å². The zero-order valence-corrected chi connectivity index (χ0v) is 12.1. The number of carbonyl (C=O) groups is 1. The van der Waals surface area contributed by atoms with Gasteiger partial charge in [0.25, 0.3) is 0 Å². The highest BCUT2D eigenvalue weighted by Crippen LogP contribution is 2.28. The van der Waals surface area contributed by atoms with E-state index < -0.39 is 22.0 Å². The van der Waals surface area contributed by atoms with Gasteiger partial charge in [-0.3, -0.25) is 4.79 Å². The molecule has 0 radical (unpaired) electrons. The molecule has 1 atom stereocenters. The maximum Gasteiger partial charge on any atom is 0.322 e. The number of hydrogen-bond donors (Lipinski definition) is 1. The number of nitrogens with zero attached hydrogens (tertiary/aromatic N) is 1. The van der Waals surface area contributed by atoms with Crippen LogP contribution in [0.5, 0.6) is 0 Å². The summed E-state index contributed by atoms with van der Waals surface area (Å²) in [5.41, 5.74) is 0. The van der Waals surface area contributed by atoms with Crippen molar-refractivity contribution >= 4 is 16.0 Å². The minimum absolute atomic E-state index is 0.136. The molecule has 1 aliphatic carbocycles. The van der Waals surface area contributed by atoms with Crippen molar-refractivity contribution in [2.24, 2.45) is 5.92 Å². The SMILES string of the molecule is O=C(O)C1CCCCN1S(=O)(=O)CC1CCCCC1. The Labute approximate surface area is 115 Å². The molecule has 1 N–H and O–H groups in total. The topological polar surface area (TPSA) is 74.7 Å². The van der Waals surface area contributed by atoms with Crippen LogP contribution in [0.4, 0.5) is 0 Å². The molecule has 0 aromatic carbocycles. The zero-order valence-electron chi connectivity index (χ0n) is 11.3. The van der Waals surface area contributed by atoms with Crippen LogP contribution in [0, 0.1) is 5.92 Å². The van der Waals surface area contributed by atoms with E-state index in [2.05, 4.69) is 0 Å². The van der Waals surface area contributed by atoms with Crippen LogP contribution in [0.3, 0.4) is 0 Å². The minimum atomic E-state index is -3.42. The summed E-state index contributed by atoms with van der Waals surface area (Å²) in [4.78, 5) is 11.2. The van der Waals surface area contributed by atoms with Gasteiger partial charge in [-0.15, -0.1) is 0 Å². The summed E-state index contributed by atoms with van der Waals surface area (Å²) in [7, 11) is -3.42. The van der Waals surface area contributed by atoms with Gasteiger partial charge in [0.15, 0.2) is 0 Å². The number of sulfonamides is 1. The highest BCUT2D eigenvalue weighted by atomic mass is 32.2. The molecule has 0 bridgehead atoms. The monoisotopic (exact) mass is 289 g/mol. The zero-order chi connectivity index (χ0) is 13.9. The second-order valence-corrected chi connectivity index (χ2v) is 7.71. The highest BCUT2D eigenvalue weighted by molar-refractivity contribution is 7.89. The molecule has 1 saturated carbocycles. The Bertz CT molecular complexity index is 414. The lowest BCUT2D eigenvalue weighted by Gasteiger charge is -2.33. The first-order valence-electron chi connectivity index (χ1n) is 7.23. The van der Waals surface area contributed by atoms with Crippen LogP contribution in [0.1, 0.15) is 51.4 Å². The van der Waals surface area contributed by atoms with Crippen molar-refractivity contribution in [2.75, 3.05) is 12.3 Å². The Morgan fingerprint density at radius 1 is 1.05 bits per heavy atom. The predicted octanol–water partition coefficient (Wildman–Crippen LogP) is 1.84. The summed E-state index contributed by atoms with van der Waals surface area (Å²) >= 11 is 0. The molecule has 110 valence electrons. The fourth-order valence-electron chi connectivity index (χ4n) is 3.23. The quantitative estimate of drug-likeness (QED) is 0.857. The Morgan fingerprint density at radius 3 is 2.32 bits per heavy atom. The molecule has 5 nitrogen and oxygen atoms in total. The lowest BCUT2D eigenvalue weighted by Crippen LogP contribution is -2.49. The molecule has 0 spiro atoms. The maximum absolute atomic E-state index is 12.4. The van der Waals surface area contributed by atoms with Crippen LogP contribution in [0.15, 0.2) is 0 Å². The smallest absolute Gasteiger partial charge is 0.322 e. The van der Waals surface area contributed by atoms with Gasteiger partial charge in [0.05, 0.1) is 5.75 Å². The second-order valence-electron chi connectivity index (χ2n) is 5.74. The predicted molar refractivity (Wildman–Crippen MR) is 72.3 cm³/mol. The molecule has 1 saturated heterocycles. The van der Waals surface area contributed by atoms with E-state index in [0.29, 0.717) is 13.0 Å². The van der Waals surface area contributed by atoms with Gasteiger partial charge < -0.3 is 5.11 Å². The van der Waals surface area contributed by atoms with Crippen molar-refractivity contribution in [2.45, 2.75) is 57.4 Å². The van der Waals surface area contributed by atoms with Crippen LogP contribution in [0.2, 0.25) is 0 Å². The van der Waals surface area contributed by atoms with Gasteiger partial charge in [0, 0.05) is 6.54 Å². The minimum Gasteiger partial charge on any atom is -0.480 e. The van der Waals surface area contributed by atoms with E-state index in [1.54, 1.807) is 0 Å². The summed E-state index contributed by atoms with van der Waals surface area (Å²) < 4.78 is 26.1. The van der Waals surface area contributed by atoms with Gasteiger partial charge in [-0.25, -0.2) is 8.42 Å². The van der Waals surface area contributed by atoms with E-state index in [9.17, 15) is 18.3 Å². The van der Waals surface area contributed by atoms with Crippen molar-refractivity contribution in [3.63, 3.8) is 0 Å². The molecule has 6 heteroatoms. The average Bonchev–Trinajstić information content (AvgIpc) is 2.39. The first kappa shape index (κ1) is 14.8. The summed E-state index contributed by atoms with van der Waals surface area (Å²) in [6.45, 7) is 0.367. The lowest BCUT2D eigenvalue weighted by atomic mass is 9.91. The van der Waals surface area contributed by atoms with E-state index in [1.807, 2.05) is 0 Å². The molecular weight excluding hydrogens is 266 g/mol. The van der Waals surface area contributed by atoms with E-state index >= 15 is 0 Å². The first-order valence-corrected chi connectivity index (χ1v) is 8.84. The van der Waals surface area contributed by atoms with Gasteiger partial charge >= 0.3 is 5.97 Å². The third-order valence-corrected chi connectivity index (χ3v) is 6.31. The van der Waals surface area contributed by atoms with Gasteiger partial charge in [-0.05, 0) is 38.0 Å². The van der Waals surface area contributed by atoms with E-state index in [0.717, 1.165) is 38.5 Å². The Hall–Kier alpha value is -0.620. The van der Waals surface area contributed by atoms with Crippen LogP contribution in [-0.4, -0.2) is 42.1 Å². The number of rotatable bonds is 4. The number of carboxylic acids is 1. The van der Waals surface area contributed by atoms with Crippen molar-refractivity contribution < 1.29 is 18.3 Å². The molecule has 0 aromatic rings. The molecule has 1 aliphatic heterocycles. The second kappa shape index (κ2) is 6.22. The summed E-state index contributed by atoms with van der Waals surface area (Å²) in [5.74, 6) is -0.654. The molecule has 19 heavy (non-hydrogen) atoms. The van der Waals surface area contributed by atoms with Crippen LogP contribution >= 0.6 is 0 Å². The molecule has 2 aliphatic rings. The maximum atomic E-state index is 12.4. The van der Waals surface area contributed by atoms with Gasteiger partial charge in [0.2, 0.25) is 10.0 Å². The first-order chi connectivity index (χ1) is 9.00. The van der Waals surface area contributed by atoms with E-state index in [-0.39, 0.29) is 11.7 Å².